The minimum absolute atomic E-state index is 0.132. The normalized spacial score (nSPS) is 10.7. The number of rotatable bonds is 3. The third kappa shape index (κ3) is 3.00. The van der Waals surface area contributed by atoms with Gasteiger partial charge in [0.15, 0.2) is 11.6 Å². The van der Waals surface area contributed by atoms with E-state index in [-0.39, 0.29) is 5.82 Å². The Bertz CT molecular complexity index is 874. The molecule has 0 saturated carbocycles. The predicted octanol–water partition coefficient (Wildman–Crippen LogP) is 4.55. The Kier molecular flexibility index (Phi) is 4.31. The summed E-state index contributed by atoms with van der Waals surface area (Å²) in [7, 11) is 1.36. The molecule has 0 spiro atoms. The fraction of sp³-hybridized carbons (Fsp3) is 0.0588. The Labute approximate surface area is 141 Å². The summed E-state index contributed by atoms with van der Waals surface area (Å²) in [6.45, 7) is 0. The van der Waals surface area contributed by atoms with Gasteiger partial charge in [-0.15, -0.1) is 0 Å². The molecule has 1 amide bonds. The van der Waals surface area contributed by atoms with Crippen LogP contribution in [0.15, 0.2) is 53.1 Å². The fourth-order valence-corrected chi connectivity index (χ4v) is 2.27. The summed E-state index contributed by atoms with van der Waals surface area (Å²) in [5.74, 6) is -2.20. The van der Waals surface area contributed by atoms with Gasteiger partial charge in [-0.1, -0.05) is 22.8 Å². The Hall–Kier alpha value is -2.73. The molecular formula is C17H11ClF2N2O2. The first-order valence-corrected chi connectivity index (χ1v) is 7.30. The van der Waals surface area contributed by atoms with Crippen molar-refractivity contribution < 1.29 is 18.1 Å². The van der Waals surface area contributed by atoms with Crippen LogP contribution in [0.4, 0.5) is 14.6 Å². The van der Waals surface area contributed by atoms with Crippen LogP contribution in [-0.2, 0) is 0 Å². The lowest BCUT2D eigenvalue weighted by Gasteiger charge is -2.14. The largest absolute Gasteiger partial charge is 0.354 e. The first-order valence-electron chi connectivity index (χ1n) is 6.92. The highest BCUT2D eigenvalue weighted by Crippen LogP contribution is 2.26. The van der Waals surface area contributed by atoms with Gasteiger partial charge < -0.3 is 4.52 Å². The average Bonchev–Trinajstić information content (AvgIpc) is 3.04. The van der Waals surface area contributed by atoms with Gasteiger partial charge in [-0.05, 0) is 36.4 Å². The van der Waals surface area contributed by atoms with E-state index >= 15 is 0 Å². The number of carbonyl (C=O) groups excluding carboxylic acids is 1. The molecule has 3 aromatic rings. The van der Waals surface area contributed by atoms with Crippen LogP contribution in [0.5, 0.6) is 0 Å². The zero-order valence-electron chi connectivity index (χ0n) is 12.5. The van der Waals surface area contributed by atoms with E-state index in [4.69, 9.17) is 16.1 Å². The van der Waals surface area contributed by atoms with Gasteiger partial charge in [0.25, 0.3) is 5.91 Å². The number of aromatic nitrogens is 1. The maximum Gasteiger partial charge on any atom is 0.265 e. The SMILES string of the molecule is CN(C(=O)c1c(F)cccc1F)c1cc(-c2ccc(Cl)cc2)on1. The molecule has 0 bridgehead atoms. The number of hydrogen-bond acceptors (Lipinski definition) is 3. The molecule has 122 valence electrons. The Morgan fingerprint density at radius 3 is 2.38 bits per heavy atom. The van der Waals surface area contributed by atoms with Crippen LogP contribution in [0, 0.1) is 11.6 Å². The molecule has 24 heavy (non-hydrogen) atoms. The summed E-state index contributed by atoms with van der Waals surface area (Å²) >= 11 is 5.82. The molecule has 1 heterocycles. The van der Waals surface area contributed by atoms with E-state index in [2.05, 4.69) is 5.16 Å². The van der Waals surface area contributed by atoms with Gasteiger partial charge in [-0.25, -0.2) is 8.78 Å². The van der Waals surface area contributed by atoms with Gasteiger partial charge in [0.05, 0.1) is 0 Å². The predicted molar refractivity (Wildman–Crippen MR) is 86.0 cm³/mol. The molecule has 0 saturated heterocycles. The van der Waals surface area contributed by atoms with Gasteiger partial charge >= 0.3 is 0 Å². The number of benzene rings is 2. The lowest BCUT2D eigenvalue weighted by molar-refractivity contribution is 0.0983. The number of nitrogens with zero attached hydrogens (tertiary/aromatic N) is 2. The summed E-state index contributed by atoms with van der Waals surface area (Å²) in [6, 6.07) is 11.6. The van der Waals surface area contributed by atoms with Crippen LogP contribution in [-0.4, -0.2) is 18.1 Å². The number of hydrogen-bond donors (Lipinski definition) is 0. The molecule has 0 radical (unpaired) electrons. The topological polar surface area (TPSA) is 46.3 Å². The standard InChI is InChI=1S/C17H11ClF2N2O2/c1-22(17(23)16-12(19)3-2-4-13(16)20)15-9-14(24-21-15)10-5-7-11(18)8-6-10/h2-9H,1H3. The number of halogens is 3. The van der Waals surface area contributed by atoms with Crippen molar-refractivity contribution in [1.82, 2.24) is 5.16 Å². The molecular weight excluding hydrogens is 338 g/mol. The lowest BCUT2D eigenvalue weighted by Crippen LogP contribution is -2.28. The average molecular weight is 349 g/mol. The third-order valence-electron chi connectivity index (χ3n) is 3.45. The smallest absolute Gasteiger partial charge is 0.265 e. The second-order valence-electron chi connectivity index (χ2n) is 5.02. The number of amides is 1. The Morgan fingerprint density at radius 1 is 1.12 bits per heavy atom. The first kappa shape index (κ1) is 16.1. The van der Waals surface area contributed by atoms with Crippen LogP contribution in [0.3, 0.4) is 0 Å². The second-order valence-corrected chi connectivity index (χ2v) is 5.45. The maximum atomic E-state index is 13.7. The molecule has 0 aliphatic rings. The van der Waals surface area contributed by atoms with Crippen molar-refractivity contribution in [3.63, 3.8) is 0 Å². The third-order valence-corrected chi connectivity index (χ3v) is 3.70. The molecule has 7 heteroatoms. The van der Waals surface area contributed by atoms with Crippen molar-refractivity contribution in [3.8, 4) is 11.3 Å². The zero-order chi connectivity index (χ0) is 17.3. The summed E-state index contributed by atoms with van der Waals surface area (Å²) in [5, 5.41) is 4.34. The Balaban J connectivity index is 1.89. The minimum atomic E-state index is -0.937. The highest BCUT2D eigenvalue weighted by atomic mass is 35.5. The first-order chi connectivity index (χ1) is 11.5. The summed E-state index contributed by atoms with van der Waals surface area (Å²) < 4.78 is 32.7. The molecule has 0 aliphatic carbocycles. The zero-order valence-corrected chi connectivity index (χ0v) is 13.2. The summed E-state index contributed by atoms with van der Waals surface area (Å²) in [6.07, 6.45) is 0. The molecule has 0 atom stereocenters. The quantitative estimate of drug-likeness (QED) is 0.697. The molecule has 1 aromatic heterocycles. The van der Waals surface area contributed by atoms with E-state index in [1.54, 1.807) is 24.3 Å². The van der Waals surface area contributed by atoms with E-state index < -0.39 is 23.1 Å². The number of anilines is 1. The van der Waals surface area contributed by atoms with Gasteiger partial charge in [0.1, 0.15) is 17.2 Å². The van der Waals surface area contributed by atoms with E-state index in [0.717, 1.165) is 17.0 Å². The summed E-state index contributed by atoms with van der Waals surface area (Å²) in [4.78, 5) is 13.3. The molecule has 3 rings (SSSR count). The molecule has 0 aliphatic heterocycles. The van der Waals surface area contributed by atoms with Gasteiger partial charge in [-0.3, -0.25) is 9.69 Å². The molecule has 2 aromatic carbocycles. The van der Waals surface area contributed by atoms with Crippen molar-refractivity contribution in [2.45, 2.75) is 0 Å². The monoisotopic (exact) mass is 348 g/mol. The second kappa shape index (κ2) is 6.41. The van der Waals surface area contributed by atoms with Crippen LogP contribution in [0.2, 0.25) is 5.02 Å². The molecule has 4 nitrogen and oxygen atoms in total. The highest BCUT2D eigenvalue weighted by Gasteiger charge is 2.23. The van der Waals surface area contributed by atoms with Crippen LogP contribution >= 0.6 is 11.6 Å². The van der Waals surface area contributed by atoms with Gasteiger partial charge in [0.2, 0.25) is 0 Å². The highest BCUT2D eigenvalue weighted by molar-refractivity contribution is 6.30. The van der Waals surface area contributed by atoms with Crippen LogP contribution < -0.4 is 4.90 Å². The maximum absolute atomic E-state index is 13.7. The number of carbonyl (C=O) groups is 1. The molecule has 0 fully saturated rings. The van der Waals surface area contributed by atoms with E-state index in [1.807, 2.05) is 0 Å². The van der Waals surface area contributed by atoms with Crippen LogP contribution in [0.25, 0.3) is 11.3 Å². The Morgan fingerprint density at radius 2 is 1.75 bits per heavy atom. The van der Waals surface area contributed by atoms with Crippen LogP contribution in [0.1, 0.15) is 10.4 Å². The van der Waals surface area contributed by atoms with Gasteiger partial charge in [-0.2, -0.15) is 0 Å². The van der Waals surface area contributed by atoms with E-state index in [0.29, 0.717) is 16.3 Å². The van der Waals surface area contributed by atoms with Crippen molar-refractivity contribution in [1.29, 1.82) is 0 Å². The van der Waals surface area contributed by atoms with E-state index in [1.165, 1.54) is 19.2 Å². The molecule has 0 unspecified atom stereocenters. The van der Waals surface area contributed by atoms with Crippen molar-refractivity contribution in [2.24, 2.45) is 0 Å². The van der Waals surface area contributed by atoms with Crippen molar-refractivity contribution in [2.75, 3.05) is 11.9 Å². The lowest BCUT2D eigenvalue weighted by atomic mass is 10.1. The van der Waals surface area contributed by atoms with Crippen molar-refractivity contribution >= 4 is 23.3 Å². The molecule has 0 N–H and O–H groups in total. The van der Waals surface area contributed by atoms with Crippen molar-refractivity contribution in [3.05, 3.63) is 70.8 Å². The van der Waals surface area contributed by atoms with Gasteiger partial charge in [0, 0.05) is 23.7 Å². The van der Waals surface area contributed by atoms with E-state index in [9.17, 15) is 13.6 Å². The minimum Gasteiger partial charge on any atom is -0.354 e. The fourth-order valence-electron chi connectivity index (χ4n) is 2.15. The summed E-state index contributed by atoms with van der Waals surface area (Å²) in [5.41, 5.74) is 0.0621.